The highest BCUT2D eigenvalue weighted by atomic mass is 31.2. The Morgan fingerprint density at radius 3 is 1.69 bits per heavy atom. The molecular weight excluding hydrogens is 221 g/mol. The first-order valence-corrected chi connectivity index (χ1v) is 8.37. The fourth-order valence-electron chi connectivity index (χ4n) is 2.25. The maximum Gasteiger partial charge on any atom is 0.0989 e. The van der Waals surface area contributed by atoms with Crippen LogP contribution in [-0.4, -0.2) is 29.6 Å². The summed E-state index contributed by atoms with van der Waals surface area (Å²) in [6.45, 7) is 13.6. The summed E-state index contributed by atoms with van der Waals surface area (Å²) >= 11 is 0. The molecule has 0 heterocycles. The lowest BCUT2D eigenvalue weighted by molar-refractivity contribution is -0.943. The average molecular weight is 249 g/mol. The molecule has 16 heavy (non-hydrogen) atoms. The highest BCUT2D eigenvalue weighted by molar-refractivity contribution is 7.63. The molecule has 3 nitrogen and oxygen atoms in total. The van der Waals surface area contributed by atoms with Gasteiger partial charge in [-0.25, -0.2) is 0 Å². The number of quaternary nitrogens is 1. The van der Waals surface area contributed by atoms with Gasteiger partial charge in [0, 0.05) is 0 Å². The van der Waals surface area contributed by atoms with Crippen LogP contribution >= 0.6 is 7.14 Å². The first-order valence-electron chi connectivity index (χ1n) is 6.10. The van der Waals surface area contributed by atoms with Crippen LogP contribution in [0.2, 0.25) is 0 Å². The third-order valence-electron chi connectivity index (χ3n) is 3.13. The second-order valence-electron chi connectivity index (χ2n) is 6.31. The molecule has 0 radical (unpaired) electrons. The summed E-state index contributed by atoms with van der Waals surface area (Å²) in [5.74, 6) is 0. The molecule has 0 aliphatic rings. The Labute approximate surface area is 101 Å². The minimum Gasteiger partial charge on any atom is -0.634 e. The van der Waals surface area contributed by atoms with E-state index in [4.69, 9.17) is 0 Å². The summed E-state index contributed by atoms with van der Waals surface area (Å²) in [5, 5.41) is 12.5. The van der Waals surface area contributed by atoms with Crippen LogP contribution in [0.15, 0.2) is 0 Å². The van der Waals surface area contributed by atoms with E-state index in [-0.39, 0.29) is 10.6 Å². The van der Waals surface area contributed by atoms with Crippen LogP contribution in [0.4, 0.5) is 0 Å². The van der Waals surface area contributed by atoms with E-state index in [9.17, 15) is 9.77 Å². The molecule has 0 aliphatic carbocycles. The Morgan fingerprint density at radius 1 is 1.06 bits per heavy atom. The van der Waals surface area contributed by atoms with Gasteiger partial charge in [0.05, 0.1) is 24.4 Å². The standard InChI is InChI=1S/C12H28NO2P/c1-8-16(15,9-2)10-12(6,7)13(14)11(3,4)5/h13H,8-10H2,1-7H3. The van der Waals surface area contributed by atoms with Crippen molar-refractivity contribution in [2.75, 3.05) is 18.5 Å². The van der Waals surface area contributed by atoms with Crippen LogP contribution in [0.1, 0.15) is 48.5 Å². The Hall–Kier alpha value is 0.150. The largest absolute Gasteiger partial charge is 0.634 e. The van der Waals surface area contributed by atoms with Crippen molar-refractivity contribution in [1.29, 1.82) is 0 Å². The van der Waals surface area contributed by atoms with Gasteiger partial charge in [-0.1, -0.05) is 13.8 Å². The van der Waals surface area contributed by atoms with E-state index in [1.807, 2.05) is 48.5 Å². The first-order chi connectivity index (χ1) is 6.98. The van der Waals surface area contributed by atoms with Crippen molar-refractivity contribution in [2.24, 2.45) is 0 Å². The number of hydroxylamine groups is 2. The molecule has 0 spiro atoms. The Balaban J connectivity index is 4.88. The Kier molecular flexibility index (Phi) is 5.25. The number of nitrogens with one attached hydrogen (secondary N) is 1. The summed E-state index contributed by atoms with van der Waals surface area (Å²) in [5.41, 5.74) is -0.824. The minimum absolute atomic E-state index is 0.210. The van der Waals surface area contributed by atoms with Gasteiger partial charge < -0.3 is 14.8 Å². The summed E-state index contributed by atoms with van der Waals surface area (Å²) in [4.78, 5) is 0. The van der Waals surface area contributed by atoms with Gasteiger partial charge in [-0.2, -0.15) is 0 Å². The molecular formula is C12H28NO2P. The van der Waals surface area contributed by atoms with Gasteiger partial charge in [-0.15, -0.1) is 0 Å². The SMILES string of the molecule is CCP(=O)(CC)CC(C)(C)[NH+]([O-])C(C)(C)C. The van der Waals surface area contributed by atoms with Gasteiger partial charge in [0.2, 0.25) is 0 Å². The smallest absolute Gasteiger partial charge is 0.0989 e. The zero-order chi connectivity index (χ0) is 13.2. The van der Waals surface area contributed by atoms with Crippen molar-refractivity contribution in [3.63, 3.8) is 0 Å². The Bertz CT molecular complexity index is 261. The van der Waals surface area contributed by atoms with Gasteiger partial charge in [-0.05, 0) is 46.9 Å². The third-order valence-corrected chi connectivity index (χ3v) is 6.80. The third kappa shape index (κ3) is 4.20. The van der Waals surface area contributed by atoms with E-state index in [1.54, 1.807) is 0 Å². The summed E-state index contributed by atoms with van der Waals surface area (Å²) in [7, 11) is -2.15. The van der Waals surface area contributed by atoms with Gasteiger partial charge >= 0.3 is 0 Å². The predicted molar refractivity (Wildman–Crippen MR) is 71.7 cm³/mol. The molecule has 0 aromatic heterocycles. The molecule has 0 saturated carbocycles. The lowest BCUT2D eigenvalue weighted by Gasteiger charge is -2.47. The molecule has 0 fully saturated rings. The van der Waals surface area contributed by atoms with E-state index in [0.717, 1.165) is 0 Å². The number of hydrogen-bond donors (Lipinski definition) is 1. The maximum absolute atomic E-state index is 12.4. The molecule has 1 unspecified atom stereocenters. The van der Waals surface area contributed by atoms with E-state index < -0.39 is 12.7 Å². The van der Waals surface area contributed by atoms with Crippen LogP contribution in [0, 0.1) is 5.21 Å². The summed E-state index contributed by atoms with van der Waals surface area (Å²) < 4.78 is 12.4. The van der Waals surface area contributed by atoms with Crippen molar-refractivity contribution < 1.29 is 9.63 Å². The van der Waals surface area contributed by atoms with Gasteiger partial charge in [-0.3, -0.25) is 0 Å². The second kappa shape index (κ2) is 5.20. The molecule has 0 aromatic carbocycles. The highest BCUT2D eigenvalue weighted by Gasteiger charge is 2.38. The molecule has 4 heteroatoms. The molecule has 0 aliphatic heterocycles. The zero-order valence-electron chi connectivity index (χ0n) is 11.9. The number of rotatable bonds is 5. The topological polar surface area (TPSA) is 44.6 Å². The summed E-state index contributed by atoms with van der Waals surface area (Å²) in [6.07, 6.45) is 1.94. The quantitative estimate of drug-likeness (QED) is 0.600. The van der Waals surface area contributed by atoms with E-state index in [0.29, 0.717) is 18.5 Å². The summed E-state index contributed by atoms with van der Waals surface area (Å²) in [6, 6.07) is 0. The van der Waals surface area contributed by atoms with Crippen molar-refractivity contribution >= 4 is 7.14 Å². The van der Waals surface area contributed by atoms with Gasteiger partial charge in [0.15, 0.2) is 0 Å². The van der Waals surface area contributed by atoms with Gasteiger partial charge in [0.1, 0.15) is 0 Å². The van der Waals surface area contributed by atoms with Crippen LogP contribution in [0.25, 0.3) is 0 Å². The second-order valence-corrected chi connectivity index (χ2v) is 10.0. The monoisotopic (exact) mass is 249 g/mol. The lowest BCUT2D eigenvalue weighted by atomic mass is 10.00. The molecule has 0 amide bonds. The fraction of sp³-hybridized carbons (Fsp3) is 1.00. The minimum atomic E-state index is -2.15. The molecule has 1 atom stereocenters. The molecule has 0 aromatic rings. The zero-order valence-corrected chi connectivity index (χ0v) is 12.8. The first kappa shape index (κ1) is 16.1. The van der Waals surface area contributed by atoms with Crippen molar-refractivity contribution in [2.45, 2.75) is 59.5 Å². The van der Waals surface area contributed by atoms with Crippen LogP contribution in [0.3, 0.4) is 0 Å². The van der Waals surface area contributed by atoms with E-state index >= 15 is 0 Å². The van der Waals surface area contributed by atoms with Crippen molar-refractivity contribution in [1.82, 2.24) is 0 Å². The van der Waals surface area contributed by atoms with Crippen molar-refractivity contribution in [3.05, 3.63) is 5.21 Å². The lowest BCUT2D eigenvalue weighted by Crippen LogP contribution is -3.22. The molecule has 0 saturated heterocycles. The van der Waals surface area contributed by atoms with E-state index in [1.165, 1.54) is 0 Å². The molecule has 98 valence electrons. The predicted octanol–water partition coefficient (Wildman–Crippen LogP) is 2.35. The van der Waals surface area contributed by atoms with Gasteiger partial charge in [0.25, 0.3) is 0 Å². The molecule has 1 N–H and O–H groups in total. The molecule has 0 rings (SSSR count). The molecule has 0 bridgehead atoms. The fourth-order valence-corrected chi connectivity index (χ4v) is 4.73. The normalized spacial score (nSPS) is 16.2. The van der Waals surface area contributed by atoms with Crippen LogP contribution in [0.5, 0.6) is 0 Å². The number of hydrogen-bond acceptors (Lipinski definition) is 2. The average Bonchev–Trinajstić information content (AvgIpc) is 2.14. The van der Waals surface area contributed by atoms with Crippen molar-refractivity contribution in [3.8, 4) is 0 Å². The maximum atomic E-state index is 12.4. The van der Waals surface area contributed by atoms with E-state index in [2.05, 4.69) is 0 Å². The Morgan fingerprint density at radius 2 is 1.44 bits per heavy atom. The van der Waals surface area contributed by atoms with Crippen LogP contribution in [-0.2, 0) is 4.57 Å². The highest BCUT2D eigenvalue weighted by Crippen LogP contribution is 2.46. The van der Waals surface area contributed by atoms with Crippen LogP contribution < -0.4 is 5.06 Å².